The van der Waals surface area contributed by atoms with Crippen molar-refractivity contribution in [3.63, 3.8) is 0 Å². The molecule has 6 nitrogen and oxygen atoms in total. The number of carbonyl (C=O) groups is 2. The Labute approximate surface area is 126 Å². The predicted octanol–water partition coefficient (Wildman–Crippen LogP) is 1.09. The Balaban J connectivity index is 1.78. The Hall–Kier alpha value is -2.60. The molecule has 2 atom stereocenters. The normalized spacial score (nSPS) is 20.9. The van der Waals surface area contributed by atoms with Crippen LogP contribution in [-0.4, -0.2) is 40.7 Å². The standard InChI is InChI=1S/C16H16N2O4/c19-14-11-4-2-1-3-9(11)5-6-12(14)15(20)18-10-7-13(16(21)22)17-8-10/h1-6,10,13,17,19H,7-8H2,(H,18,20)(H,21,22). The van der Waals surface area contributed by atoms with Crippen LogP contribution in [0.5, 0.6) is 5.75 Å². The highest BCUT2D eigenvalue weighted by Crippen LogP contribution is 2.28. The van der Waals surface area contributed by atoms with E-state index in [2.05, 4.69) is 10.6 Å². The zero-order chi connectivity index (χ0) is 15.7. The molecule has 1 amide bonds. The molecule has 1 fully saturated rings. The summed E-state index contributed by atoms with van der Waals surface area (Å²) in [6, 6.07) is 9.70. The second-order valence-corrected chi connectivity index (χ2v) is 5.39. The fraction of sp³-hybridized carbons (Fsp3) is 0.250. The van der Waals surface area contributed by atoms with Crippen molar-refractivity contribution >= 4 is 22.6 Å². The summed E-state index contributed by atoms with van der Waals surface area (Å²) in [6.07, 6.45) is 0.329. The van der Waals surface area contributed by atoms with Crippen LogP contribution >= 0.6 is 0 Å². The van der Waals surface area contributed by atoms with Crippen molar-refractivity contribution in [2.24, 2.45) is 0 Å². The first kappa shape index (κ1) is 14.3. The first-order valence-electron chi connectivity index (χ1n) is 7.04. The number of hydrogen-bond acceptors (Lipinski definition) is 4. The summed E-state index contributed by atoms with van der Waals surface area (Å²) in [5, 5.41) is 26.2. The average molecular weight is 300 g/mol. The molecule has 2 unspecified atom stereocenters. The van der Waals surface area contributed by atoms with Crippen LogP contribution < -0.4 is 10.6 Å². The monoisotopic (exact) mass is 300 g/mol. The lowest BCUT2D eigenvalue weighted by Crippen LogP contribution is -2.36. The number of carboxylic acid groups (broad SMARTS) is 1. The van der Waals surface area contributed by atoms with Gasteiger partial charge in [-0.05, 0) is 17.9 Å². The summed E-state index contributed by atoms with van der Waals surface area (Å²) < 4.78 is 0. The first-order chi connectivity index (χ1) is 10.6. The molecule has 0 radical (unpaired) electrons. The van der Waals surface area contributed by atoms with Crippen LogP contribution in [0.15, 0.2) is 36.4 Å². The van der Waals surface area contributed by atoms with Gasteiger partial charge < -0.3 is 20.8 Å². The minimum absolute atomic E-state index is 0.0589. The molecule has 114 valence electrons. The molecule has 0 aromatic heterocycles. The molecule has 3 rings (SSSR count). The zero-order valence-electron chi connectivity index (χ0n) is 11.7. The number of rotatable bonds is 3. The maximum absolute atomic E-state index is 12.3. The third kappa shape index (κ3) is 2.60. The number of carbonyl (C=O) groups excluding carboxylic acids is 1. The SMILES string of the molecule is O=C(NC1CNC(C(=O)O)C1)c1ccc2ccccc2c1O. The molecule has 22 heavy (non-hydrogen) atoms. The molecule has 2 aromatic carbocycles. The fourth-order valence-electron chi connectivity index (χ4n) is 2.74. The molecule has 6 heteroatoms. The third-order valence-corrected chi connectivity index (χ3v) is 3.91. The minimum Gasteiger partial charge on any atom is -0.506 e. The van der Waals surface area contributed by atoms with E-state index in [9.17, 15) is 14.7 Å². The van der Waals surface area contributed by atoms with Gasteiger partial charge in [-0.2, -0.15) is 0 Å². The van der Waals surface area contributed by atoms with Crippen LogP contribution in [0, 0.1) is 0 Å². The van der Waals surface area contributed by atoms with Crippen molar-refractivity contribution in [2.45, 2.75) is 18.5 Å². The van der Waals surface area contributed by atoms with E-state index in [4.69, 9.17) is 5.11 Å². The first-order valence-corrected chi connectivity index (χ1v) is 7.04. The van der Waals surface area contributed by atoms with E-state index >= 15 is 0 Å². The topological polar surface area (TPSA) is 98.7 Å². The molecule has 0 bridgehead atoms. The molecule has 1 aliphatic rings. The number of fused-ring (bicyclic) bond motifs is 1. The van der Waals surface area contributed by atoms with Gasteiger partial charge in [-0.15, -0.1) is 0 Å². The van der Waals surface area contributed by atoms with Gasteiger partial charge in [0.1, 0.15) is 11.8 Å². The van der Waals surface area contributed by atoms with Crippen molar-refractivity contribution in [1.82, 2.24) is 10.6 Å². The summed E-state index contributed by atoms with van der Waals surface area (Å²) in [5.41, 5.74) is 0.192. The van der Waals surface area contributed by atoms with E-state index in [0.717, 1.165) is 5.39 Å². The van der Waals surface area contributed by atoms with Crippen molar-refractivity contribution < 1.29 is 19.8 Å². The lowest BCUT2D eigenvalue weighted by molar-refractivity contribution is -0.139. The predicted molar refractivity (Wildman–Crippen MR) is 80.9 cm³/mol. The van der Waals surface area contributed by atoms with Crippen LogP contribution in [0.4, 0.5) is 0 Å². The van der Waals surface area contributed by atoms with Crippen molar-refractivity contribution in [1.29, 1.82) is 0 Å². The van der Waals surface area contributed by atoms with Crippen LogP contribution in [0.2, 0.25) is 0 Å². The molecule has 2 aromatic rings. The summed E-state index contributed by atoms with van der Waals surface area (Å²) in [6.45, 7) is 0.400. The Morgan fingerprint density at radius 1 is 1.18 bits per heavy atom. The van der Waals surface area contributed by atoms with E-state index in [-0.39, 0.29) is 17.4 Å². The van der Waals surface area contributed by atoms with Crippen LogP contribution in [0.3, 0.4) is 0 Å². The van der Waals surface area contributed by atoms with Crippen LogP contribution in [0.25, 0.3) is 10.8 Å². The number of nitrogens with one attached hydrogen (secondary N) is 2. The molecular weight excluding hydrogens is 284 g/mol. The Bertz CT molecular complexity index is 744. The Morgan fingerprint density at radius 3 is 2.68 bits per heavy atom. The number of phenolic OH excluding ortho intramolecular Hbond substituents is 1. The van der Waals surface area contributed by atoms with Gasteiger partial charge in [0, 0.05) is 18.0 Å². The van der Waals surface area contributed by atoms with Gasteiger partial charge in [0.25, 0.3) is 5.91 Å². The number of aromatic hydroxyl groups is 1. The molecule has 1 saturated heterocycles. The number of benzene rings is 2. The number of phenols is 1. The molecule has 4 N–H and O–H groups in total. The Morgan fingerprint density at radius 2 is 1.95 bits per heavy atom. The van der Waals surface area contributed by atoms with Gasteiger partial charge in [-0.3, -0.25) is 9.59 Å². The summed E-state index contributed by atoms with van der Waals surface area (Å²) in [5.74, 6) is -1.39. The molecule has 0 spiro atoms. The van der Waals surface area contributed by atoms with Crippen molar-refractivity contribution in [3.05, 3.63) is 42.0 Å². The van der Waals surface area contributed by atoms with Gasteiger partial charge in [-0.25, -0.2) is 0 Å². The third-order valence-electron chi connectivity index (χ3n) is 3.91. The maximum atomic E-state index is 12.3. The highest BCUT2D eigenvalue weighted by molar-refractivity contribution is 6.03. The van der Waals surface area contributed by atoms with E-state index in [0.29, 0.717) is 18.4 Å². The molecule has 0 aliphatic carbocycles. The van der Waals surface area contributed by atoms with Crippen molar-refractivity contribution in [2.75, 3.05) is 6.54 Å². The quantitative estimate of drug-likeness (QED) is 0.680. The smallest absolute Gasteiger partial charge is 0.320 e. The van der Waals surface area contributed by atoms with E-state index in [1.165, 1.54) is 0 Å². The highest BCUT2D eigenvalue weighted by atomic mass is 16.4. The van der Waals surface area contributed by atoms with E-state index in [1.54, 1.807) is 24.3 Å². The number of carboxylic acids is 1. The lowest BCUT2D eigenvalue weighted by Gasteiger charge is -2.13. The fourth-order valence-corrected chi connectivity index (χ4v) is 2.74. The molecular formula is C16H16N2O4. The largest absolute Gasteiger partial charge is 0.506 e. The second kappa shape index (κ2) is 5.65. The summed E-state index contributed by atoms with van der Waals surface area (Å²) >= 11 is 0. The highest BCUT2D eigenvalue weighted by Gasteiger charge is 2.30. The summed E-state index contributed by atoms with van der Waals surface area (Å²) in [4.78, 5) is 23.2. The van der Waals surface area contributed by atoms with Crippen LogP contribution in [-0.2, 0) is 4.79 Å². The minimum atomic E-state index is -0.926. The van der Waals surface area contributed by atoms with Gasteiger partial charge >= 0.3 is 5.97 Å². The van der Waals surface area contributed by atoms with Gasteiger partial charge in [-0.1, -0.05) is 30.3 Å². The van der Waals surface area contributed by atoms with E-state index < -0.39 is 17.9 Å². The van der Waals surface area contributed by atoms with Gasteiger partial charge in [0.2, 0.25) is 0 Å². The lowest BCUT2D eigenvalue weighted by atomic mass is 10.0. The van der Waals surface area contributed by atoms with Crippen LogP contribution in [0.1, 0.15) is 16.8 Å². The number of amides is 1. The number of hydrogen-bond donors (Lipinski definition) is 4. The van der Waals surface area contributed by atoms with E-state index in [1.807, 2.05) is 12.1 Å². The summed E-state index contributed by atoms with van der Waals surface area (Å²) in [7, 11) is 0. The van der Waals surface area contributed by atoms with Gasteiger partial charge in [0.05, 0.1) is 5.56 Å². The zero-order valence-corrected chi connectivity index (χ0v) is 11.7. The molecule has 1 aliphatic heterocycles. The van der Waals surface area contributed by atoms with Crippen molar-refractivity contribution in [3.8, 4) is 5.75 Å². The second-order valence-electron chi connectivity index (χ2n) is 5.39. The van der Waals surface area contributed by atoms with Gasteiger partial charge in [0.15, 0.2) is 0 Å². The number of aliphatic carboxylic acids is 1. The maximum Gasteiger partial charge on any atom is 0.320 e. The Kier molecular flexibility index (Phi) is 3.68. The molecule has 0 saturated carbocycles. The average Bonchev–Trinajstić information content (AvgIpc) is 2.96. The molecule has 1 heterocycles.